The summed E-state index contributed by atoms with van der Waals surface area (Å²) < 4.78 is 1.93. The van der Waals surface area contributed by atoms with Gasteiger partial charge in [0.1, 0.15) is 0 Å². The maximum absolute atomic E-state index is 4.54. The third-order valence-corrected chi connectivity index (χ3v) is 3.13. The van der Waals surface area contributed by atoms with Crippen molar-refractivity contribution in [1.29, 1.82) is 0 Å². The van der Waals surface area contributed by atoms with Crippen molar-refractivity contribution in [2.24, 2.45) is 7.05 Å². The standard InChI is InChI=1S/C12H14N2/c1-14-8-10-7-6-9-4-2-3-5-11(9)12(10)13-14/h3,5,8H,2,4,6-7H2,1H3. The zero-order chi connectivity index (χ0) is 9.54. The Labute approximate surface area is 83.9 Å². The van der Waals surface area contributed by atoms with Crippen molar-refractivity contribution < 1.29 is 0 Å². The van der Waals surface area contributed by atoms with Crippen LogP contribution in [-0.2, 0) is 13.5 Å². The lowest BCUT2D eigenvalue weighted by atomic mass is 9.85. The minimum absolute atomic E-state index is 1.18. The fraction of sp³-hybridized carbons (Fsp3) is 0.417. The van der Waals surface area contributed by atoms with Crippen molar-refractivity contribution in [3.05, 3.63) is 35.2 Å². The van der Waals surface area contributed by atoms with Crippen molar-refractivity contribution in [3.63, 3.8) is 0 Å². The molecule has 0 saturated carbocycles. The summed E-state index contributed by atoms with van der Waals surface area (Å²) in [7, 11) is 2.01. The second-order valence-electron chi connectivity index (χ2n) is 4.13. The zero-order valence-electron chi connectivity index (χ0n) is 8.45. The molecule has 2 nitrogen and oxygen atoms in total. The minimum atomic E-state index is 1.18. The normalized spacial score (nSPS) is 19.5. The van der Waals surface area contributed by atoms with E-state index in [2.05, 4.69) is 23.4 Å². The first-order valence-corrected chi connectivity index (χ1v) is 5.26. The van der Waals surface area contributed by atoms with Gasteiger partial charge in [0.2, 0.25) is 0 Å². The molecule has 0 radical (unpaired) electrons. The van der Waals surface area contributed by atoms with E-state index in [1.807, 2.05) is 11.7 Å². The molecule has 1 heterocycles. The molecular weight excluding hydrogens is 172 g/mol. The average molecular weight is 186 g/mol. The van der Waals surface area contributed by atoms with Gasteiger partial charge in [-0.2, -0.15) is 5.10 Å². The summed E-state index contributed by atoms with van der Waals surface area (Å²) in [5.74, 6) is 0. The average Bonchev–Trinajstić information content (AvgIpc) is 2.59. The van der Waals surface area contributed by atoms with Crippen LogP contribution in [0.2, 0.25) is 0 Å². The molecule has 0 saturated heterocycles. The monoisotopic (exact) mass is 186 g/mol. The molecule has 0 atom stereocenters. The molecule has 14 heavy (non-hydrogen) atoms. The van der Waals surface area contributed by atoms with Gasteiger partial charge < -0.3 is 0 Å². The van der Waals surface area contributed by atoms with Crippen LogP contribution in [0.1, 0.15) is 30.5 Å². The summed E-state index contributed by atoms with van der Waals surface area (Å²) in [4.78, 5) is 0. The van der Waals surface area contributed by atoms with E-state index in [1.54, 1.807) is 5.57 Å². The van der Waals surface area contributed by atoms with E-state index in [0.717, 1.165) is 0 Å². The molecule has 0 N–H and O–H groups in total. The van der Waals surface area contributed by atoms with Crippen LogP contribution in [0.5, 0.6) is 0 Å². The first-order chi connectivity index (χ1) is 6.84. The molecule has 0 fully saturated rings. The lowest BCUT2D eigenvalue weighted by molar-refractivity contribution is 0.762. The third-order valence-electron chi connectivity index (χ3n) is 3.13. The molecule has 2 aliphatic carbocycles. The van der Waals surface area contributed by atoms with Gasteiger partial charge in [0.05, 0.1) is 5.69 Å². The number of hydrogen-bond donors (Lipinski definition) is 0. The molecule has 2 aliphatic rings. The van der Waals surface area contributed by atoms with Crippen LogP contribution in [0.4, 0.5) is 0 Å². The number of fused-ring (bicyclic) bond motifs is 2. The molecule has 1 aromatic heterocycles. The van der Waals surface area contributed by atoms with Gasteiger partial charge in [-0.3, -0.25) is 4.68 Å². The number of hydrogen-bond acceptors (Lipinski definition) is 1. The molecule has 0 spiro atoms. The molecule has 72 valence electrons. The van der Waals surface area contributed by atoms with Crippen LogP contribution in [0.3, 0.4) is 0 Å². The topological polar surface area (TPSA) is 17.8 Å². The first-order valence-electron chi connectivity index (χ1n) is 5.26. The molecule has 0 bridgehead atoms. The number of nitrogens with zero attached hydrogens (tertiary/aromatic N) is 2. The Hall–Kier alpha value is -1.31. The van der Waals surface area contributed by atoms with Gasteiger partial charge in [-0.05, 0) is 31.2 Å². The van der Waals surface area contributed by atoms with Crippen molar-refractivity contribution in [3.8, 4) is 0 Å². The highest BCUT2D eigenvalue weighted by Gasteiger charge is 2.21. The quantitative estimate of drug-likeness (QED) is 0.608. The largest absolute Gasteiger partial charge is 0.275 e. The fourth-order valence-corrected chi connectivity index (χ4v) is 2.45. The van der Waals surface area contributed by atoms with E-state index in [0.29, 0.717) is 0 Å². The summed E-state index contributed by atoms with van der Waals surface area (Å²) in [6.45, 7) is 0. The third kappa shape index (κ3) is 1.07. The van der Waals surface area contributed by atoms with Crippen LogP contribution in [0.25, 0.3) is 5.57 Å². The Morgan fingerprint density at radius 2 is 2.21 bits per heavy atom. The van der Waals surface area contributed by atoms with E-state index >= 15 is 0 Å². The lowest BCUT2D eigenvalue weighted by Gasteiger charge is -2.19. The van der Waals surface area contributed by atoms with Crippen LogP contribution < -0.4 is 0 Å². The maximum atomic E-state index is 4.54. The number of aromatic nitrogens is 2. The van der Waals surface area contributed by atoms with Crippen LogP contribution in [-0.4, -0.2) is 9.78 Å². The van der Waals surface area contributed by atoms with Crippen molar-refractivity contribution in [1.82, 2.24) is 9.78 Å². The fourth-order valence-electron chi connectivity index (χ4n) is 2.45. The van der Waals surface area contributed by atoms with Crippen LogP contribution in [0, 0.1) is 0 Å². The molecular formula is C12H14N2. The van der Waals surface area contributed by atoms with E-state index in [1.165, 1.54) is 42.5 Å². The second kappa shape index (κ2) is 2.84. The molecule has 3 rings (SSSR count). The van der Waals surface area contributed by atoms with Gasteiger partial charge in [-0.15, -0.1) is 0 Å². The Bertz CT molecular complexity index is 435. The minimum Gasteiger partial charge on any atom is -0.275 e. The molecule has 0 unspecified atom stereocenters. The molecule has 0 amide bonds. The van der Waals surface area contributed by atoms with Crippen molar-refractivity contribution in [2.75, 3.05) is 0 Å². The Balaban J connectivity index is 2.17. The van der Waals surface area contributed by atoms with Gasteiger partial charge in [0, 0.05) is 18.8 Å². The summed E-state index contributed by atoms with van der Waals surface area (Å²) in [5.41, 5.74) is 5.65. The van der Waals surface area contributed by atoms with Crippen molar-refractivity contribution >= 4 is 5.57 Å². The van der Waals surface area contributed by atoms with E-state index in [9.17, 15) is 0 Å². The molecule has 1 aromatic rings. The van der Waals surface area contributed by atoms with E-state index in [-0.39, 0.29) is 0 Å². The van der Waals surface area contributed by atoms with Gasteiger partial charge >= 0.3 is 0 Å². The van der Waals surface area contributed by atoms with Gasteiger partial charge in [0.15, 0.2) is 0 Å². The second-order valence-corrected chi connectivity index (χ2v) is 4.13. The van der Waals surface area contributed by atoms with Crippen molar-refractivity contribution in [2.45, 2.75) is 25.7 Å². The molecule has 0 aromatic carbocycles. The summed E-state index contributed by atoms with van der Waals surface area (Å²) in [5, 5.41) is 4.54. The smallest absolute Gasteiger partial charge is 0.0954 e. The van der Waals surface area contributed by atoms with E-state index < -0.39 is 0 Å². The zero-order valence-corrected chi connectivity index (χ0v) is 8.45. The molecule has 2 heteroatoms. The Kier molecular flexibility index (Phi) is 1.63. The van der Waals surface area contributed by atoms with Gasteiger partial charge in [0.25, 0.3) is 0 Å². The highest BCUT2D eigenvalue weighted by molar-refractivity contribution is 5.78. The highest BCUT2D eigenvalue weighted by Crippen LogP contribution is 2.35. The van der Waals surface area contributed by atoms with Gasteiger partial charge in [-0.1, -0.05) is 17.7 Å². The summed E-state index contributed by atoms with van der Waals surface area (Å²) in [6.07, 6.45) is 11.5. The maximum Gasteiger partial charge on any atom is 0.0954 e. The predicted molar refractivity (Wildman–Crippen MR) is 56.8 cm³/mol. The SMILES string of the molecule is Cn1cc2c(n1)C1=C(CCC=C1)CC2. The number of aryl methyl sites for hydroxylation is 2. The van der Waals surface area contributed by atoms with E-state index in [4.69, 9.17) is 0 Å². The van der Waals surface area contributed by atoms with Gasteiger partial charge in [-0.25, -0.2) is 0 Å². The summed E-state index contributed by atoms with van der Waals surface area (Å²) in [6, 6.07) is 0. The molecule has 0 aliphatic heterocycles. The summed E-state index contributed by atoms with van der Waals surface area (Å²) >= 11 is 0. The predicted octanol–water partition coefficient (Wildman–Crippen LogP) is 2.47. The van der Waals surface area contributed by atoms with Crippen LogP contribution >= 0.6 is 0 Å². The Morgan fingerprint density at radius 3 is 3.14 bits per heavy atom. The Morgan fingerprint density at radius 1 is 1.29 bits per heavy atom. The van der Waals surface area contributed by atoms with Crippen LogP contribution in [0.15, 0.2) is 23.9 Å². The first kappa shape index (κ1) is 8.04. The highest BCUT2D eigenvalue weighted by atomic mass is 15.3. The number of rotatable bonds is 0. The lowest BCUT2D eigenvalue weighted by Crippen LogP contribution is -2.05. The number of allylic oxidation sites excluding steroid dienone is 4.